The lowest BCUT2D eigenvalue weighted by atomic mass is 10.0. The van der Waals surface area contributed by atoms with Crippen LogP contribution in [-0.2, 0) is 18.6 Å². The van der Waals surface area contributed by atoms with E-state index in [-0.39, 0.29) is 19.3 Å². The van der Waals surface area contributed by atoms with Crippen molar-refractivity contribution in [3.63, 3.8) is 0 Å². The normalized spacial score (nSPS) is 12.7. The fraction of sp³-hybridized carbons (Fsp3) is 0.778. The highest BCUT2D eigenvalue weighted by Gasteiger charge is 2.13. The summed E-state index contributed by atoms with van der Waals surface area (Å²) in [5.74, 6) is 0.849. The van der Waals surface area contributed by atoms with Gasteiger partial charge in [-0.1, -0.05) is 102 Å². The predicted octanol–water partition coefficient (Wildman–Crippen LogP) is 7.06. The van der Waals surface area contributed by atoms with Gasteiger partial charge in [0.25, 0.3) is 0 Å². The molecule has 1 unspecified atom stereocenters. The highest BCUT2D eigenvalue weighted by molar-refractivity contribution is 7.46. The number of phosphoric acid groups is 1. The predicted molar refractivity (Wildman–Crippen MR) is 141 cm³/mol. The molecule has 7 nitrogen and oxygen atoms in total. The van der Waals surface area contributed by atoms with E-state index < -0.39 is 7.82 Å². The first-order valence-electron chi connectivity index (χ1n) is 13.6. The number of rotatable bonds is 25. The molecule has 0 radical (unpaired) electrons. The molecule has 204 valence electrons. The van der Waals surface area contributed by atoms with Crippen molar-refractivity contribution in [2.75, 3.05) is 33.0 Å². The van der Waals surface area contributed by atoms with E-state index in [1.807, 2.05) is 30.3 Å². The summed E-state index contributed by atoms with van der Waals surface area (Å²) in [7, 11) is -4.43. The molecule has 0 aromatic heterocycles. The van der Waals surface area contributed by atoms with Gasteiger partial charge >= 0.3 is 7.82 Å². The van der Waals surface area contributed by atoms with Gasteiger partial charge in [0.05, 0.1) is 33.0 Å². The third-order valence-corrected chi connectivity index (χ3v) is 6.36. The SMILES string of the molecule is CCCCCCCCCCCCCCCC(COCCOCCOP(=O)(O)O)Oc1ccccc1. The van der Waals surface area contributed by atoms with Gasteiger partial charge in [0, 0.05) is 0 Å². The van der Waals surface area contributed by atoms with Crippen molar-refractivity contribution in [3.05, 3.63) is 30.3 Å². The number of unbranched alkanes of at least 4 members (excludes halogenated alkanes) is 12. The average Bonchev–Trinajstić information content (AvgIpc) is 2.83. The van der Waals surface area contributed by atoms with Gasteiger partial charge < -0.3 is 24.0 Å². The molecule has 2 N–H and O–H groups in total. The van der Waals surface area contributed by atoms with Crippen LogP contribution in [0.25, 0.3) is 0 Å². The quantitative estimate of drug-likeness (QED) is 0.106. The molecular weight excluding hydrogens is 467 g/mol. The van der Waals surface area contributed by atoms with E-state index in [0.29, 0.717) is 19.8 Å². The molecule has 0 fully saturated rings. The molecule has 0 aliphatic rings. The first-order chi connectivity index (χ1) is 17.0. The van der Waals surface area contributed by atoms with Crippen molar-refractivity contribution < 1.29 is 33.1 Å². The lowest BCUT2D eigenvalue weighted by molar-refractivity contribution is 0.00222. The van der Waals surface area contributed by atoms with Crippen LogP contribution in [0, 0.1) is 0 Å². The molecule has 0 aliphatic heterocycles. The molecule has 0 spiro atoms. The molecule has 0 bridgehead atoms. The molecule has 1 atom stereocenters. The second kappa shape index (κ2) is 22.3. The molecule has 0 aliphatic carbocycles. The zero-order valence-corrected chi connectivity index (χ0v) is 22.7. The Labute approximate surface area is 213 Å². The Morgan fingerprint density at radius 1 is 0.714 bits per heavy atom. The Kier molecular flexibility index (Phi) is 20.4. The number of phosphoric ester groups is 1. The van der Waals surface area contributed by atoms with Crippen LogP contribution in [0.2, 0.25) is 0 Å². The fourth-order valence-corrected chi connectivity index (χ4v) is 4.22. The van der Waals surface area contributed by atoms with Crippen molar-refractivity contribution >= 4 is 7.82 Å². The lowest BCUT2D eigenvalue weighted by Gasteiger charge is -2.19. The molecular formula is C27H49O7P. The maximum atomic E-state index is 10.6. The second-order valence-corrected chi connectivity index (χ2v) is 10.3. The number of ether oxygens (including phenoxy) is 3. The highest BCUT2D eigenvalue weighted by Crippen LogP contribution is 2.35. The molecule has 0 saturated heterocycles. The van der Waals surface area contributed by atoms with E-state index in [1.54, 1.807) is 0 Å². The van der Waals surface area contributed by atoms with E-state index >= 15 is 0 Å². The largest absolute Gasteiger partial charge is 0.488 e. The van der Waals surface area contributed by atoms with E-state index in [0.717, 1.165) is 18.6 Å². The van der Waals surface area contributed by atoms with Crippen molar-refractivity contribution in [1.82, 2.24) is 0 Å². The fourth-order valence-electron chi connectivity index (χ4n) is 3.91. The third-order valence-electron chi connectivity index (χ3n) is 5.84. The third kappa shape index (κ3) is 22.0. The van der Waals surface area contributed by atoms with E-state index in [1.165, 1.54) is 77.0 Å². The van der Waals surface area contributed by atoms with Crippen LogP contribution in [-0.4, -0.2) is 48.9 Å². The van der Waals surface area contributed by atoms with Crippen LogP contribution < -0.4 is 4.74 Å². The summed E-state index contributed by atoms with van der Waals surface area (Å²) in [5, 5.41) is 0. The van der Waals surface area contributed by atoms with Gasteiger partial charge in [-0.15, -0.1) is 0 Å². The smallest absolute Gasteiger partial charge is 0.469 e. The van der Waals surface area contributed by atoms with Crippen LogP contribution in [0.1, 0.15) is 96.8 Å². The van der Waals surface area contributed by atoms with Crippen LogP contribution in [0.5, 0.6) is 5.75 Å². The Hall–Kier alpha value is -0.950. The molecule has 1 aromatic rings. The number of hydrogen-bond donors (Lipinski definition) is 2. The Bertz CT molecular complexity index is 623. The number of benzene rings is 1. The Morgan fingerprint density at radius 2 is 1.23 bits per heavy atom. The average molecular weight is 517 g/mol. The summed E-state index contributed by atoms with van der Waals surface area (Å²) in [6.07, 6.45) is 18.3. The van der Waals surface area contributed by atoms with Gasteiger partial charge in [-0.05, 0) is 25.0 Å². The van der Waals surface area contributed by atoms with Crippen molar-refractivity contribution in [2.45, 2.75) is 103 Å². The maximum absolute atomic E-state index is 10.6. The summed E-state index contributed by atoms with van der Waals surface area (Å²) in [6.45, 7) is 3.43. The zero-order chi connectivity index (χ0) is 25.5. The van der Waals surface area contributed by atoms with Crippen molar-refractivity contribution in [1.29, 1.82) is 0 Å². The van der Waals surface area contributed by atoms with Crippen molar-refractivity contribution in [3.8, 4) is 5.75 Å². The molecule has 0 heterocycles. The Morgan fingerprint density at radius 3 is 1.80 bits per heavy atom. The van der Waals surface area contributed by atoms with Gasteiger partial charge in [0.2, 0.25) is 0 Å². The standard InChI is InChI=1S/C27H49O7P/c1-2-3-4-5-6-7-8-9-10-11-12-13-15-20-27(34-26-18-16-14-17-19-26)25-32-22-21-31-23-24-33-35(28,29)30/h14,16-19,27H,2-13,15,20-25H2,1H3,(H2,28,29,30). The lowest BCUT2D eigenvalue weighted by Crippen LogP contribution is -2.24. The molecule has 1 rings (SSSR count). The summed E-state index contributed by atoms with van der Waals surface area (Å²) >= 11 is 0. The number of para-hydroxylation sites is 1. The summed E-state index contributed by atoms with van der Waals surface area (Å²) in [5.41, 5.74) is 0. The van der Waals surface area contributed by atoms with Crippen molar-refractivity contribution in [2.24, 2.45) is 0 Å². The minimum atomic E-state index is -4.43. The monoisotopic (exact) mass is 516 g/mol. The first-order valence-corrected chi connectivity index (χ1v) is 15.1. The summed E-state index contributed by atoms with van der Waals surface area (Å²) in [6, 6.07) is 9.82. The van der Waals surface area contributed by atoms with Crippen LogP contribution in [0.3, 0.4) is 0 Å². The zero-order valence-electron chi connectivity index (χ0n) is 21.8. The second-order valence-electron chi connectivity index (χ2n) is 9.10. The summed E-state index contributed by atoms with van der Waals surface area (Å²) in [4.78, 5) is 17.3. The van der Waals surface area contributed by atoms with E-state index in [9.17, 15) is 4.57 Å². The highest BCUT2D eigenvalue weighted by atomic mass is 31.2. The molecule has 35 heavy (non-hydrogen) atoms. The van der Waals surface area contributed by atoms with Gasteiger partial charge in [-0.2, -0.15) is 0 Å². The van der Waals surface area contributed by atoms with Gasteiger partial charge in [-0.3, -0.25) is 4.52 Å². The summed E-state index contributed by atoms with van der Waals surface area (Å²) < 4.78 is 32.1. The molecule has 0 amide bonds. The van der Waals surface area contributed by atoms with Gasteiger partial charge in [0.1, 0.15) is 11.9 Å². The molecule has 1 aromatic carbocycles. The van der Waals surface area contributed by atoms with Crippen LogP contribution >= 0.6 is 7.82 Å². The maximum Gasteiger partial charge on any atom is 0.469 e. The van der Waals surface area contributed by atoms with Gasteiger partial charge in [-0.25, -0.2) is 4.57 Å². The topological polar surface area (TPSA) is 94.5 Å². The van der Waals surface area contributed by atoms with Gasteiger partial charge in [0.15, 0.2) is 0 Å². The first kappa shape index (κ1) is 32.1. The molecule has 0 saturated carbocycles. The van der Waals surface area contributed by atoms with E-state index in [2.05, 4.69) is 11.4 Å². The van der Waals surface area contributed by atoms with E-state index in [4.69, 9.17) is 24.0 Å². The minimum Gasteiger partial charge on any atom is -0.488 e. The number of hydrogen-bond acceptors (Lipinski definition) is 5. The minimum absolute atomic E-state index is 0.0110. The van der Waals surface area contributed by atoms with Crippen LogP contribution in [0.15, 0.2) is 30.3 Å². The Balaban J connectivity index is 2.10. The van der Waals surface area contributed by atoms with Crippen LogP contribution in [0.4, 0.5) is 0 Å². The molecule has 8 heteroatoms.